The number of thiocarbonyl (C=S) groups is 1. The fourth-order valence-corrected chi connectivity index (χ4v) is 2.30. The van der Waals surface area contributed by atoms with Gasteiger partial charge in [0.1, 0.15) is 0 Å². The molecule has 0 aliphatic heterocycles. The number of hydrogen-bond donors (Lipinski definition) is 2. The molecule has 0 aromatic rings. The van der Waals surface area contributed by atoms with E-state index in [1.54, 1.807) is 0 Å². The molecular weight excluding hydrogens is 320 g/mol. The molecule has 0 saturated carbocycles. The summed E-state index contributed by atoms with van der Waals surface area (Å²) >= 11 is 4.86. The highest BCUT2D eigenvalue weighted by atomic mass is 79.9. The third kappa shape index (κ3) is 20.8. The highest BCUT2D eigenvalue weighted by molar-refractivity contribution is 7.79. The largest absolute Gasteiger partial charge is 1.00 e. The third-order valence-electron chi connectivity index (χ3n) is 3.35. The van der Waals surface area contributed by atoms with Crippen LogP contribution < -0.4 is 28.0 Å². The molecule has 0 aromatic heterocycles. The van der Waals surface area contributed by atoms with Gasteiger partial charge in [-0.15, -0.1) is 0 Å². The van der Waals surface area contributed by atoms with Crippen LogP contribution in [-0.4, -0.2) is 11.7 Å². The van der Waals surface area contributed by atoms with Gasteiger partial charge >= 0.3 is 0 Å². The van der Waals surface area contributed by atoms with Crippen molar-refractivity contribution in [3.8, 4) is 0 Å². The van der Waals surface area contributed by atoms with Gasteiger partial charge in [0.05, 0.1) is 0 Å². The zero-order valence-corrected chi connectivity index (χ0v) is 15.1. The Hall–Kier alpha value is 0.330. The Morgan fingerprint density at radius 3 is 1.53 bits per heavy atom. The van der Waals surface area contributed by atoms with Crippen molar-refractivity contribution < 1.29 is 22.7 Å². The van der Waals surface area contributed by atoms with E-state index < -0.39 is 0 Å². The molecule has 0 bridgehead atoms. The molecular formula is C15H33BrN2S. The van der Waals surface area contributed by atoms with E-state index in [4.69, 9.17) is 12.2 Å². The van der Waals surface area contributed by atoms with Crippen LogP contribution in [0.25, 0.3) is 0 Å². The highest BCUT2D eigenvalue weighted by Crippen LogP contribution is 2.11. The molecule has 0 heterocycles. The first-order chi connectivity index (χ1) is 8.77. The van der Waals surface area contributed by atoms with Gasteiger partial charge in [0, 0.05) is 18.8 Å². The van der Waals surface area contributed by atoms with E-state index in [1.165, 1.54) is 77.0 Å². The molecule has 4 N–H and O–H groups in total. The number of quaternary nitrogens is 1. The van der Waals surface area contributed by atoms with E-state index in [0.29, 0.717) is 5.11 Å². The van der Waals surface area contributed by atoms with Crippen LogP contribution >= 0.6 is 12.2 Å². The van der Waals surface area contributed by atoms with Crippen molar-refractivity contribution in [1.29, 1.82) is 0 Å². The van der Waals surface area contributed by atoms with Crippen LogP contribution in [0.2, 0.25) is 0 Å². The summed E-state index contributed by atoms with van der Waals surface area (Å²) in [6.07, 6.45) is 16.8. The van der Waals surface area contributed by atoms with E-state index >= 15 is 0 Å². The standard InChI is InChI=1S/C15H32N2S.BrH/c1-2-3-4-5-6-7-8-9-10-11-12-13-14-17-15(16)18;/h2-14H2,1H3,(H3,16,17,18);1H. The zero-order valence-electron chi connectivity index (χ0n) is 12.7. The van der Waals surface area contributed by atoms with Gasteiger partial charge < -0.3 is 28.0 Å². The quantitative estimate of drug-likeness (QED) is 0.380. The summed E-state index contributed by atoms with van der Waals surface area (Å²) in [5.74, 6) is 0. The zero-order chi connectivity index (χ0) is 13.5. The summed E-state index contributed by atoms with van der Waals surface area (Å²) < 4.78 is 0. The number of hydrogen-bond acceptors (Lipinski definition) is 1. The van der Waals surface area contributed by atoms with Crippen LogP contribution in [0.4, 0.5) is 0 Å². The summed E-state index contributed by atoms with van der Waals surface area (Å²) in [4.78, 5) is 0. The van der Waals surface area contributed by atoms with Crippen molar-refractivity contribution in [1.82, 2.24) is 5.32 Å². The molecule has 0 aromatic carbocycles. The Balaban J connectivity index is 0. The average Bonchev–Trinajstić information content (AvgIpc) is 2.34. The summed E-state index contributed by atoms with van der Waals surface area (Å²) in [6, 6.07) is 0. The van der Waals surface area contributed by atoms with E-state index in [-0.39, 0.29) is 17.0 Å². The molecule has 0 unspecified atom stereocenters. The third-order valence-corrected chi connectivity index (χ3v) is 3.50. The minimum absolute atomic E-state index is 0. The topological polar surface area (TPSA) is 39.7 Å². The molecule has 0 atom stereocenters. The van der Waals surface area contributed by atoms with Gasteiger partial charge in [0.25, 0.3) is 5.11 Å². The smallest absolute Gasteiger partial charge is 0.264 e. The first-order valence-corrected chi connectivity index (χ1v) is 8.28. The highest BCUT2D eigenvalue weighted by Gasteiger charge is 1.94. The SMILES string of the molecule is CCCCCCCCCCCCCCNC([NH3+])=S.[Br-]. The summed E-state index contributed by atoms with van der Waals surface area (Å²) in [5, 5.41) is 3.78. The van der Waals surface area contributed by atoms with Gasteiger partial charge in [-0.25, -0.2) is 0 Å². The summed E-state index contributed by atoms with van der Waals surface area (Å²) in [5.41, 5.74) is 3.65. The van der Waals surface area contributed by atoms with Crippen molar-refractivity contribution in [2.75, 3.05) is 6.54 Å². The number of halogens is 1. The van der Waals surface area contributed by atoms with E-state index in [2.05, 4.69) is 18.0 Å². The van der Waals surface area contributed by atoms with E-state index in [9.17, 15) is 0 Å². The Morgan fingerprint density at radius 2 is 1.16 bits per heavy atom. The van der Waals surface area contributed by atoms with Crippen LogP contribution in [0.3, 0.4) is 0 Å². The van der Waals surface area contributed by atoms with Gasteiger partial charge in [0.15, 0.2) is 0 Å². The van der Waals surface area contributed by atoms with Gasteiger partial charge in [-0.3, -0.25) is 0 Å². The van der Waals surface area contributed by atoms with Crippen molar-refractivity contribution in [2.24, 2.45) is 0 Å². The fraction of sp³-hybridized carbons (Fsp3) is 0.933. The van der Waals surface area contributed by atoms with Crippen LogP contribution in [0.1, 0.15) is 84.0 Å². The predicted molar refractivity (Wildman–Crippen MR) is 84.6 cm³/mol. The molecule has 2 nitrogen and oxygen atoms in total. The lowest BCUT2D eigenvalue weighted by molar-refractivity contribution is -0.215. The molecule has 0 amide bonds. The Labute approximate surface area is 136 Å². The molecule has 0 radical (unpaired) electrons. The number of unbranched alkanes of at least 4 members (excludes halogenated alkanes) is 11. The predicted octanol–water partition coefficient (Wildman–Crippen LogP) is 0.808. The first kappa shape index (κ1) is 21.6. The maximum atomic E-state index is 4.86. The monoisotopic (exact) mass is 352 g/mol. The molecule has 19 heavy (non-hydrogen) atoms. The fourth-order valence-electron chi connectivity index (χ4n) is 2.19. The Kier molecular flexibility index (Phi) is 20.9. The average molecular weight is 353 g/mol. The molecule has 0 saturated heterocycles. The van der Waals surface area contributed by atoms with E-state index in [1.807, 2.05) is 0 Å². The van der Waals surface area contributed by atoms with Crippen LogP contribution in [0, 0.1) is 0 Å². The summed E-state index contributed by atoms with van der Waals surface area (Å²) in [6.45, 7) is 3.28. The van der Waals surface area contributed by atoms with Crippen LogP contribution in [-0.2, 0) is 0 Å². The van der Waals surface area contributed by atoms with Gasteiger partial charge in [0.2, 0.25) is 0 Å². The molecule has 0 rings (SSSR count). The van der Waals surface area contributed by atoms with Crippen molar-refractivity contribution in [3.63, 3.8) is 0 Å². The van der Waals surface area contributed by atoms with Gasteiger partial charge in [-0.2, -0.15) is 0 Å². The maximum Gasteiger partial charge on any atom is 0.264 e. The minimum atomic E-state index is 0. The van der Waals surface area contributed by atoms with Gasteiger partial charge in [-0.1, -0.05) is 77.6 Å². The normalized spacial score (nSPS) is 10.0. The second-order valence-corrected chi connectivity index (χ2v) is 5.73. The van der Waals surface area contributed by atoms with Gasteiger partial charge in [-0.05, 0) is 6.42 Å². The Bertz CT molecular complexity index is 189. The second kappa shape index (κ2) is 18.3. The molecule has 116 valence electrons. The molecule has 4 heteroatoms. The number of nitrogens with one attached hydrogen (secondary N) is 1. The number of rotatable bonds is 13. The lowest BCUT2D eigenvalue weighted by Gasteiger charge is -2.03. The lowest BCUT2D eigenvalue weighted by atomic mass is 10.1. The first-order valence-electron chi connectivity index (χ1n) is 7.87. The van der Waals surface area contributed by atoms with Crippen LogP contribution in [0.5, 0.6) is 0 Å². The Morgan fingerprint density at radius 1 is 0.789 bits per heavy atom. The molecule has 0 aliphatic rings. The van der Waals surface area contributed by atoms with Crippen molar-refractivity contribution >= 4 is 17.3 Å². The van der Waals surface area contributed by atoms with Crippen LogP contribution in [0.15, 0.2) is 0 Å². The summed E-state index contributed by atoms with van der Waals surface area (Å²) in [7, 11) is 0. The second-order valence-electron chi connectivity index (χ2n) is 5.24. The lowest BCUT2D eigenvalue weighted by Crippen LogP contribution is -3.00. The molecule has 0 fully saturated rings. The molecule has 0 aliphatic carbocycles. The molecule has 0 spiro atoms. The van der Waals surface area contributed by atoms with E-state index in [0.717, 1.165) is 6.54 Å². The van der Waals surface area contributed by atoms with Crippen molar-refractivity contribution in [2.45, 2.75) is 84.0 Å². The van der Waals surface area contributed by atoms with Crippen molar-refractivity contribution in [3.05, 3.63) is 0 Å². The minimum Gasteiger partial charge on any atom is -1.00 e. The maximum absolute atomic E-state index is 4.86.